The molecule has 126 valence electrons. The summed E-state index contributed by atoms with van der Waals surface area (Å²) in [5.74, 6) is 0.0657. The van der Waals surface area contributed by atoms with Crippen molar-refractivity contribution >= 4 is 5.78 Å². The van der Waals surface area contributed by atoms with Crippen LogP contribution in [0.25, 0.3) is 0 Å². The van der Waals surface area contributed by atoms with Crippen LogP contribution >= 0.6 is 0 Å². The Balaban J connectivity index is 1.87. The van der Waals surface area contributed by atoms with Gasteiger partial charge in [0.1, 0.15) is 18.2 Å². The highest BCUT2D eigenvalue weighted by Gasteiger charge is 2.35. The Labute approximate surface area is 140 Å². The summed E-state index contributed by atoms with van der Waals surface area (Å²) >= 11 is 0. The third-order valence-corrected chi connectivity index (χ3v) is 4.93. The monoisotopic (exact) mass is 328 g/mol. The average molecular weight is 328 g/mol. The lowest BCUT2D eigenvalue weighted by Gasteiger charge is -2.37. The quantitative estimate of drug-likeness (QED) is 0.856. The molecule has 0 amide bonds. The maximum absolute atomic E-state index is 13.3. The molecule has 1 heterocycles. The number of carbonyl (C=O) groups excluding carboxylic acids is 1. The number of hydrogen-bond acceptors (Lipinski definition) is 4. The number of rotatable bonds is 5. The van der Waals surface area contributed by atoms with Gasteiger partial charge in [-0.2, -0.15) is 0 Å². The van der Waals surface area contributed by atoms with E-state index in [9.17, 15) is 9.18 Å². The largest absolute Gasteiger partial charge is 0.388 e. The number of carbonyl (C=O) groups is 1. The third-order valence-electron chi connectivity index (χ3n) is 4.93. The number of ketones is 1. The van der Waals surface area contributed by atoms with Crippen LogP contribution in [0.1, 0.15) is 53.8 Å². The fourth-order valence-corrected chi connectivity index (χ4v) is 3.58. The highest BCUT2D eigenvalue weighted by Crippen LogP contribution is 2.41. The first-order valence-corrected chi connectivity index (χ1v) is 8.34. The van der Waals surface area contributed by atoms with Gasteiger partial charge in [0.25, 0.3) is 0 Å². The molecular weight excluding hydrogens is 307 g/mol. The number of nitrogens with zero attached hydrogens (tertiary/aromatic N) is 2. The Bertz CT molecular complexity index is 692. The van der Waals surface area contributed by atoms with E-state index in [0.29, 0.717) is 17.8 Å². The Kier molecular flexibility index (Phi) is 5.00. The molecule has 0 spiro atoms. The molecule has 0 saturated heterocycles. The van der Waals surface area contributed by atoms with Gasteiger partial charge >= 0.3 is 0 Å². The summed E-state index contributed by atoms with van der Waals surface area (Å²) in [6.07, 6.45) is 9.17. The number of hydrogen-bond donors (Lipinski definition) is 1. The van der Waals surface area contributed by atoms with Crippen LogP contribution in [0, 0.1) is 5.82 Å². The molecule has 1 aliphatic rings. The molecule has 4 nitrogen and oxygen atoms in total. The highest BCUT2D eigenvalue weighted by atomic mass is 19.1. The van der Waals surface area contributed by atoms with Crippen LogP contribution in [-0.2, 0) is 11.8 Å². The van der Waals surface area contributed by atoms with E-state index in [0.717, 1.165) is 31.2 Å². The van der Waals surface area contributed by atoms with Crippen molar-refractivity contribution in [1.82, 2.24) is 9.97 Å². The molecule has 1 N–H and O–H groups in total. The van der Waals surface area contributed by atoms with Crippen LogP contribution in [0.5, 0.6) is 0 Å². The zero-order valence-corrected chi connectivity index (χ0v) is 13.5. The molecule has 24 heavy (non-hydrogen) atoms. The zero-order chi connectivity index (χ0) is 17.0. The standard InChI is InChI=1S/C19H21FN2O2/c20-16-6-4-15(5-7-16)19(8-2-1-3-9-19)10-18-21-11-14(12-22-18)17(24)13-23/h4-7,11-12,23H,1-3,8-10,13H2. The molecule has 0 aliphatic heterocycles. The van der Waals surface area contributed by atoms with Gasteiger partial charge < -0.3 is 5.11 Å². The topological polar surface area (TPSA) is 63.1 Å². The second-order valence-electron chi connectivity index (χ2n) is 6.49. The van der Waals surface area contributed by atoms with Gasteiger partial charge in [0, 0.05) is 24.2 Å². The second-order valence-corrected chi connectivity index (χ2v) is 6.49. The summed E-state index contributed by atoms with van der Waals surface area (Å²) in [4.78, 5) is 20.1. The molecule has 0 atom stereocenters. The highest BCUT2D eigenvalue weighted by molar-refractivity contribution is 5.96. The summed E-state index contributed by atoms with van der Waals surface area (Å²) in [7, 11) is 0. The smallest absolute Gasteiger partial charge is 0.191 e. The van der Waals surface area contributed by atoms with Crippen LogP contribution in [0.3, 0.4) is 0 Å². The average Bonchev–Trinajstić information content (AvgIpc) is 2.63. The summed E-state index contributed by atoms with van der Waals surface area (Å²) in [6, 6.07) is 6.75. The molecule has 2 aromatic rings. The van der Waals surface area contributed by atoms with E-state index in [2.05, 4.69) is 9.97 Å². The van der Waals surface area contributed by atoms with Crippen molar-refractivity contribution in [3.8, 4) is 0 Å². The number of aliphatic hydroxyl groups is 1. The number of aromatic nitrogens is 2. The van der Waals surface area contributed by atoms with E-state index in [1.807, 2.05) is 12.1 Å². The molecule has 0 bridgehead atoms. The summed E-state index contributed by atoms with van der Waals surface area (Å²) in [6.45, 7) is -0.539. The van der Waals surface area contributed by atoms with Crippen molar-refractivity contribution in [3.05, 3.63) is 59.4 Å². The van der Waals surface area contributed by atoms with Gasteiger partial charge in [-0.25, -0.2) is 14.4 Å². The minimum atomic E-state index is -0.539. The first-order valence-electron chi connectivity index (χ1n) is 8.34. The van der Waals surface area contributed by atoms with Crippen molar-refractivity contribution in [2.45, 2.75) is 43.9 Å². The van der Waals surface area contributed by atoms with Crippen molar-refractivity contribution in [3.63, 3.8) is 0 Å². The van der Waals surface area contributed by atoms with E-state index in [-0.39, 0.29) is 17.0 Å². The van der Waals surface area contributed by atoms with Gasteiger partial charge in [0.05, 0.1) is 5.56 Å². The van der Waals surface area contributed by atoms with Gasteiger partial charge in [-0.1, -0.05) is 31.4 Å². The van der Waals surface area contributed by atoms with Gasteiger partial charge in [-0.3, -0.25) is 4.79 Å². The summed E-state index contributed by atoms with van der Waals surface area (Å²) < 4.78 is 13.3. The molecule has 1 aliphatic carbocycles. The lowest BCUT2D eigenvalue weighted by molar-refractivity contribution is 0.0903. The van der Waals surface area contributed by atoms with E-state index in [1.54, 1.807) is 0 Å². The number of halogens is 1. The maximum Gasteiger partial charge on any atom is 0.191 e. The minimum absolute atomic E-state index is 0.0749. The molecule has 1 aromatic carbocycles. The fraction of sp³-hybridized carbons (Fsp3) is 0.421. The molecule has 0 radical (unpaired) electrons. The first-order chi connectivity index (χ1) is 11.6. The van der Waals surface area contributed by atoms with Gasteiger partial charge in [-0.05, 0) is 30.5 Å². The fourth-order valence-electron chi connectivity index (χ4n) is 3.58. The van der Waals surface area contributed by atoms with Crippen LogP contribution < -0.4 is 0 Å². The third kappa shape index (κ3) is 3.51. The molecular formula is C19H21FN2O2. The van der Waals surface area contributed by atoms with Crippen molar-refractivity contribution in [2.24, 2.45) is 0 Å². The summed E-state index contributed by atoms with van der Waals surface area (Å²) in [5.41, 5.74) is 1.37. The Morgan fingerprint density at radius 1 is 1.08 bits per heavy atom. The van der Waals surface area contributed by atoms with E-state index >= 15 is 0 Å². The van der Waals surface area contributed by atoms with E-state index in [4.69, 9.17) is 5.11 Å². The first kappa shape index (κ1) is 16.7. The Morgan fingerprint density at radius 2 is 1.71 bits per heavy atom. The second kappa shape index (κ2) is 7.18. The number of benzene rings is 1. The van der Waals surface area contributed by atoms with Crippen molar-refractivity contribution < 1.29 is 14.3 Å². The maximum atomic E-state index is 13.3. The van der Waals surface area contributed by atoms with Gasteiger partial charge in [0.2, 0.25) is 0 Å². The molecule has 0 unspecified atom stereocenters. The molecule has 5 heteroatoms. The molecule has 1 fully saturated rings. The molecule has 1 saturated carbocycles. The zero-order valence-electron chi connectivity index (χ0n) is 13.5. The number of aliphatic hydroxyl groups excluding tert-OH is 1. The Morgan fingerprint density at radius 3 is 2.29 bits per heavy atom. The Hall–Kier alpha value is -2.14. The molecule has 1 aromatic heterocycles. The lowest BCUT2D eigenvalue weighted by Crippen LogP contribution is -2.32. The van der Waals surface area contributed by atoms with Gasteiger partial charge in [-0.15, -0.1) is 0 Å². The van der Waals surface area contributed by atoms with Gasteiger partial charge in [0.15, 0.2) is 5.78 Å². The van der Waals surface area contributed by atoms with Crippen LogP contribution in [0.15, 0.2) is 36.7 Å². The predicted molar refractivity (Wildman–Crippen MR) is 88.3 cm³/mol. The van der Waals surface area contributed by atoms with Crippen molar-refractivity contribution in [2.75, 3.05) is 6.61 Å². The van der Waals surface area contributed by atoms with E-state index in [1.165, 1.54) is 30.9 Å². The molecule has 3 rings (SSSR count). The predicted octanol–water partition coefficient (Wildman–Crippen LogP) is 3.24. The number of Topliss-reactive ketones (excluding diaryl/α,β-unsaturated/α-hetero) is 1. The van der Waals surface area contributed by atoms with Crippen LogP contribution in [0.4, 0.5) is 4.39 Å². The van der Waals surface area contributed by atoms with Crippen LogP contribution in [-0.4, -0.2) is 27.5 Å². The van der Waals surface area contributed by atoms with E-state index < -0.39 is 6.61 Å². The SMILES string of the molecule is O=C(CO)c1cnc(CC2(c3ccc(F)cc3)CCCCC2)nc1. The minimum Gasteiger partial charge on any atom is -0.388 e. The summed E-state index contributed by atoms with van der Waals surface area (Å²) in [5, 5.41) is 8.89. The lowest BCUT2D eigenvalue weighted by atomic mass is 9.67. The van der Waals surface area contributed by atoms with Crippen molar-refractivity contribution in [1.29, 1.82) is 0 Å². The van der Waals surface area contributed by atoms with Crippen LogP contribution in [0.2, 0.25) is 0 Å². The normalized spacial score (nSPS) is 16.8.